The number of rotatable bonds is 7. The molecule has 1 aromatic carbocycles. The summed E-state index contributed by atoms with van der Waals surface area (Å²) in [6, 6.07) is 10.2. The minimum absolute atomic E-state index is 0.0437. The van der Waals surface area contributed by atoms with Crippen molar-refractivity contribution in [2.24, 2.45) is 0 Å². The first-order valence-corrected chi connectivity index (χ1v) is 10.9. The highest BCUT2D eigenvalue weighted by Gasteiger charge is 2.27. The van der Waals surface area contributed by atoms with E-state index in [0.717, 1.165) is 5.75 Å². The van der Waals surface area contributed by atoms with Gasteiger partial charge in [0, 0.05) is 19.1 Å². The van der Waals surface area contributed by atoms with Gasteiger partial charge in [-0.05, 0) is 48.6 Å². The largest absolute Gasteiger partial charge is 0.497 e. The molecule has 2 heterocycles. The summed E-state index contributed by atoms with van der Waals surface area (Å²) in [5.41, 5.74) is 0. The highest BCUT2D eigenvalue weighted by Crippen LogP contribution is 2.20. The fourth-order valence-corrected chi connectivity index (χ4v) is 5.16. The zero-order chi connectivity index (χ0) is 19.3. The van der Waals surface area contributed by atoms with Gasteiger partial charge in [0.05, 0.1) is 7.11 Å². The Balaban J connectivity index is 1.45. The Hall–Kier alpha value is -2.10. The van der Waals surface area contributed by atoms with Gasteiger partial charge >= 0.3 is 0 Å². The number of ether oxygens (including phenoxy) is 2. The molecule has 1 saturated heterocycles. The van der Waals surface area contributed by atoms with Gasteiger partial charge in [0.1, 0.15) is 15.7 Å². The Labute approximate surface area is 163 Å². The summed E-state index contributed by atoms with van der Waals surface area (Å²) in [4.78, 5) is 14.0. The van der Waals surface area contributed by atoms with Crippen molar-refractivity contribution in [3.05, 3.63) is 41.8 Å². The topological polar surface area (TPSA) is 84.9 Å². The van der Waals surface area contributed by atoms with E-state index >= 15 is 0 Å². The number of piperidine rings is 1. The fourth-order valence-electron chi connectivity index (χ4n) is 2.85. The van der Waals surface area contributed by atoms with Crippen LogP contribution in [-0.2, 0) is 14.8 Å². The molecular weight excluding hydrogens is 388 g/mol. The van der Waals surface area contributed by atoms with Gasteiger partial charge in [-0.25, -0.2) is 13.1 Å². The molecule has 1 amide bonds. The van der Waals surface area contributed by atoms with Crippen LogP contribution in [-0.4, -0.2) is 52.1 Å². The van der Waals surface area contributed by atoms with Crippen molar-refractivity contribution in [3.63, 3.8) is 0 Å². The lowest BCUT2D eigenvalue weighted by molar-refractivity contribution is -0.134. The van der Waals surface area contributed by atoms with E-state index in [4.69, 9.17) is 9.47 Å². The number of methoxy groups -OCH3 is 1. The number of thiophene rings is 1. The number of carbonyl (C=O) groups excluding carboxylic acids is 1. The average Bonchev–Trinajstić information content (AvgIpc) is 3.23. The van der Waals surface area contributed by atoms with Crippen LogP contribution < -0.4 is 14.2 Å². The van der Waals surface area contributed by atoms with E-state index in [1.54, 1.807) is 53.8 Å². The van der Waals surface area contributed by atoms with Crippen LogP contribution >= 0.6 is 11.3 Å². The average molecular weight is 411 g/mol. The van der Waals surface area contributed by atoms with E-state index in [-0.39, 0.29) is 18.6 Å². The zero-order valence-corrected chi connectivity index (χ0v) is 16.6. The molecular formula is C18H22N2O5S2. The van der Waals surface area contributed by atoms with Crippen LogP contribution in [0.5, 0.6) is 11.5 Å². The highest BCUT2D eigenvalue weighted by molar-refractivity contribution is 7.91. The summed E-state index contributed by atoms with van der Waals surface area (Å²) in [7, 11) is -1.89. The molecule has 2 aromatic rings. The van der Waals surface area contributed by atoms with Gasteiger partial charge in [0.15, 0.2) is 6.61 Å². The Morgan fingerprint density at radius 3 is 2.44 bits per heavy atom. The molecule has 1 N–H and O–H groups in total. The molecule has 9 heteroatoms. The van der Waals surface area contributed by atoms with E-state index in [1.807, 2.05) is 0 Å². The number of hydrogen-bond acceptors (Lipinski definition) is 6. The molecule has 0 radical (unpaired) electrons. The zero-order valence-electron chi connectivity index (χ0n) is 15.0. The minimum atomic E-state index is -3.48. The van der Waals surface area contributed by atoms with E-state index < -0.39 is 10.0 Å². The van der Waals surface area contributed by atoms with Crippen LogP contribution in [0.15, 0.2) is 46.0 Å². The van der Waals surface area contributed by atoms with Crippen molar-refractivity contribution < 1.29 is 22.7 Å². The van der Waals surface area contributed by atoms with Crippen molar-refractivity contribution in [3.8, 4) is 11.5 Å². The summed E-state index contributed by atoms with van der Waals surface area (Å²) in [6.45, 7) is 0.961. The van der Waals surface area contributed by atoms with Gasteiger partial charge in [0.25, 0.3) is 5.91 Å². The number of amides is 1. The van der Waals surface area contributed by atoms with E-state index in [1.165, 1.54) is 11.3 Å². The maximum Gasteiger partial charge on any atom is 0.260 e. The van der Waals surface area contributed by atoms with Crippen LogP contribution in [0.4, 0.5) is 0 Å². The lowest BCUT2D eigenvalue weighted by Crippen LogP contribution is -2.47. The van der Waals surface area contributed by atoms with Crippen molar-refractivity contribution in [2.45, 2.75) is 23.1 Å². The number of nitrogens with zero attached hydrogens (tertiary/aromatic N) is 1. The summed E-state index contributed by atoms with van der Waals surface area (Å²) < 4.78 is 38.2. The van der Waals surface area contributed by atoms with Crippen LogP contribution in [0.3, 0.4) is 0 Å². The molecule has 27 heavy (non-hydrogen) atoms. The predicted octanol–water partition coefficient (Wildman–Crippen LogP) is 2.10. The Bertz CT molecular complexity index is 842. The minimum Gasteiger partial charge on any atom is -0.497 e. The van der Waals surface area contributed by atoms with Gasteiger partial charge in [-0.3, -0.25) is 4.79 Å². The predicted molar refractivity (Wildman–Crippen MR) is 103 cm³/mol. The summed E-state index contributed by atoms with van der Waals surface area (Å²) in [6.07, 6.45) is 1.16. The third kappa shape index (κ3) is 5.21. The van der Waals surface area contributed by atoms with Crippen LogP contribution in [0.1, 0.15) is 12.8 Å². The summed E-state index contributed by atoms with van der Waals surface area (Å²) >= 11 is 1.19. The monoisotopic (exact) mass is 410 g/mol. The number of nitrogens with one attached hydrogen (secondary N) is 1. The maximum atomic E-state index is 12.3. The van der Waals surface area contributed by atoms with Crippen molar-refractivity contribution in [1.29, 1.82) is 0 Å². The van der Waals surface area contributed by atoms with E-state index in [2.05, 4.69) is 4.72 Å². The molecule has 146 valence electrons. The lowest BCUT2D eigenvalue weighted by atomic mass is 10.1. The van der Waals surface area contributed by atoms with Gasteiger partial charge < -0.3 is 14.4 Å². The van der Waals surface area contributed by atoms with Crippen LogP contribution in [0.25, 0.3) is 0 Å². The molecule has 0 bridgehead atoms. The molecule has 3 rings (SSSR count). The maximum absolute atomic E-state index is 12.3. The number of sulfonamides is 1. The van der Waals surface area contributed by atoms with Gasteiger partial charge in [-0.2, -0.15) is 0 Å². The van der Waals surface area contributed by atoms with Crippen molar-refractivity contribution in [2.75, 3.05) is 26.8 Å². The SMILES string of the molecule is COc1ccc(OCC(=O)N2CCC(NS(=O)(=O)c3cccs3)CC2)cc1. The van der Waals surface area contributed by atoms with E-state index in [0.29, 0.717) is 35.9 Å². The second-order valence-corrected chi connectivity index (χ2v) is 9.06. The Morgan fingerprint density at radius 2 is 1.85 bits per heavy atom. The van der Waals surface area contributed by atoms with Crippen molar-refractivity contribution in [1.82, 2.24) is 9.62 Å². The third-order valence-electron chi connectivity index (χ3n) is 4.35. The molecule has 7 nitrogen and oxygen atoms in total. The Morgan fingerprint density at radius 1 is 1.19 bits per heavy atom. The first-order chi connectivity index (χ1) is 13.0. The third-order valence-corrected chi connectivity index (χ3v) is 7.27. The quantitative estimate of drug-likeness (QED) is 0.756. The first kappa shape index (κ1) is 19.7. The second kappa shape index (κ2) is 8.73. The second-order valence-electron chi connectivity index (χ2n) is 6.17. The molecule has 1 aliphatic rings. The number of carbonyl (C=O) groups is 1. The van der Waals surface area contributed by atoms with Gasteiger partial charge in [0.2, 0.25) is 10.0 Å². The lowest BCUT2D eigenvalue weighted by Gasteiger charge is -2.32. The normalized spacial score (nSPS) is 15.5. The summed E-state index contributed by atoms with van der Waals surface area (Å²) in [5.74, 6) is 1.22. The number of benzene rings is 1. The smallest absolute Gasteiger partial charge is 0.260 e. The molecule has 0 spiro atoms. The van der Waals surface area contributed by atoms with Crippen molar-refractivity contribution >= 4 is 27.3 Å². The molecule has 1 aliphatic heterocycles. The van der Waals surface area contributed by atoms with Crippen LogP contribution in [0, 0.1) is 0 Å². The molecule has 1 fully saturated rings. The standard InChI is InChI=1S/C18H22N2O5S2/c1-24-15-4-6-16(7-5-15)25-13-17(21)20-10-8-14(9-11-20)19-27(22,23)18-3-2-12-26-18/h2-7,12,14,19H,8-11,13H2,1H3. The van der Waals surface area contributed by atoms with Gasteiger partial charge in [-0.1, -0.05) is 6.07 Å². The fraction of sp³-hybridized carbons (Fsp3) is 0.389. The molecule has 0 unspecified atom stereocenters. The molecule has 1 aromatic heterocycles. The first-order valence-electron chi connectivity index (χ1n) is 8.58. The van der Waals surface area contributed by atoms with Crippen LogP contribution in [0.2, 0.25) is 0 Å². The molecule has 0 saturated carbocycles. The number of hydrogen-bond donors (Lipinski definition) is 1. The van der Waals surface area contributed by atoms with Gasteiger partial charge in [-0.15, -0.1) is 11.3 Å². The summed E-state index contributed by atoms with van der Waals surface area (Å²) in [5, 5.41) is 1.73. The Kier molecular flexibility index (Phi) is 6.35. The molecule has 0 atom stereocenters. The molecule has 0 aliphatic carbocycles. The van der Waals surface area contributed by atoms with E-state index in [9.17, 15) is 13.2 Å². The highest BCUT2D eigenvalue weighted by atomic mass is 32.2. The number of likely N-dealkylation sites (tertiary alicyclic amines) is 1.